The van der Waals surface area contributed by atoms with E-state index in [2.05, 4.69) is 4.18 Å². The summed E-state index contributed by atoms with van der Waals surface area (Å²) in [5.74, 6) is -0.124. The second-order valence-electron chi connectivity index (χ2n) is 5.65. The molecule has 1 saturated heterocycles. The highest BCUT2D eigenvalue weighted by Gasteiger charge is 2.48. The highest BCUT2D eigenvalue weighted by atomic mass is 32.2. The zero-order chi connectivity index (χ0) is 21.8. The van der Waals surface area contributed by atoms with E-state index in [9.17, 15) is 21.6 Å². The lowest BCUT2D eigenvalue weighted by Crippen LogP contribution is -2.28. The summed E-state index contributed by atoms with van der Waals surface area (Å²) in [5.41, 5.74) is -5.29. The number of benzene rings is 2. The van der Waals surface area contributed by atoms with Crippen molar-refractivity contribution >= 4 is 10.1 Å². The number of rotatable bonds is 7. The van der Waals surface area contributed by atoms with Crippen molar-refractivity contribution in [3.05, 3.63) is 53.6 Å². The maximum atomic E-state index is 12.7. The minimum absolute atomic E-state index is 0.0897. The van der Waals surface area contributed by atoms with Gasteiger partial charge in [0, 0.05) is 5.56 Å². The lowest BCUT2D eigenvalue weighted by atomic mass is 10.2. The number of nitriles is 1. The summed E-state index contributed by atoms with van der Waals surface area (Å²) in [7, 11) is -5.89. The van der Waals surface area contributed by atoms with Crippen molar-refractivity contribution < 1.29 is 45.0 Å². The Labute approximate surface area is 168 Å². The van der Waals surface area contributed by atoms with Crippen molar-refractivity contribution in [2.45, 2.75) is 12.1 Å². The summed E-state index contributed by atoms with van der Waals surface area (Å²) in [5, 5.41) is 9.46. The van der Waals surface area contributed by atoms with Crippen molar-refractivity contribution in [1.29, 1.82) is 5.26 Å². The van der Waals surface area contributed by atoms with Crippen LogP contribution in [0.1, 0.15) is 11.1 Å². The largest absolute Gasteiger partial charge is 0.534 e. The van der Waals surface area contributed by atoms with Crippen molar-refractivity contribution in [3.63, 3.8) is 0 Å². The molecule has 1 aliphatic heterocycles. The fourth-order valence-corrected chi connectivity index (χ4v) is 2.66. The SMILES string of the molecule is N#Cc1ccc(Oc2ccc(OS(=O)(=O)C(F)(F)F)c(CON3OCCO3)c2)cc1. The molecule has 0 N–H and O–H groups in total. The number of alkyl halides is 3. The van der Waals surface area contributed by atoms with E-state index in [1.165, 1.54) is 36.4 Å². The molecule has 0 atom stereocenters. The number of ether oxygens (including phenoxy) is 1. The van der Waals surface area contributed by atoms with E-state index in [-0.39, 0.29) is 24.5 Å². The van der Waals surface area contributed by atoms with E-state index in [1.54, 1.807) is 0 Å². The zero-order valence-corrected chi connectivity index (χ0v) is 15.8. The third-order valence-corrected chi connectivity index (χ3v) is 4.50. The van der Waals surface area contributed by atoms with Crippen molar-refractivity contribution in [2.75, 3.05) is 13.2 Å². The first-order chi connectivity index (χ1) is 14.2. The molecule has 1 aliphatic rings. The molecule has 9 nitrogen and oxygen atoms in total. The minimum Gasteiger partial charge on any atom is -0.457 e. The van der Waals surface area contributed by atoms with Gasteiger partial charge in [-0.15, -0.1) is 0 Å². The first-order valence-corrected chi connectivity index (χ1v) is 9.59. The van der Waals surface area contributed by atoms with Crippen LogP contribution in [0.25, 0.3) is 0 Å². The van der Waals surface area contributed by atoms with Crippen LogP contribution >= 0.6 is 0 Å². The van der Waals surface area contributed by atoms with Gasteiger partial charge >= 0.3 is 15.6 Å². The lowest BCUT2D eigenvalue weighted by Gasteiger charge is -2.16. The molecule has 0 aliphatic carbocycles. The first kappa shape index (κ1) is 21.8. The first-order valence-electron chi connectivity index (χ1n) is 8.18. The third-order valence-electron chi connectivity index (χ3n) is 3.54. The molecule has 0 aromatic heterocycles. The number of nitrogens with zero attached hydrogens (tertiary/aromatic N) is 2. The van der Waals surface area contributed by atoms with Gasteiger partial charge in [0.1, 0.15) is 23.9 Å². The summed E-state index contributed by atoms with van der Waals surface area (Å²) < 4.78 is 70.5. The summed E-state index contributed by atoms with van der Waals surface area (Å²) >= 11 is 0. The second-order valence-corrected chi connectivity index (χ2v) is 7.19. The van der Waals surface area contributed by atoms with Crippen LogP contribution in [0.15, 0.2) is 42.5 Å². The molecule has 13 heteroatoms. The minimum atomic E-state index is -5.89. The van der Waals surface area contributed by atoms with Crippen LogP contribution in [-0.4, -0.2) is 32.5 Å². The van der Waals surface area contributed by atoms with Gasteiger partial charge in [-0.05, 0) is 42.5 Å². The Bertz CT molecular complexity index is 1030. The normalized spacial score (nSPS) is 15.0. The van der Waals surface area contributed by atoms with Gasteiger partial charge in [-0.2, -0.15) is 26.9 Å². The van der Waals surface area contributed by atoms with Gasteiger partial charge in [0.25, 0.3) is 0 Å². The van der Waals surface area contributed by atoms with E-state index < -0.39 is 28.0 Å². The number of halogens is 3. The second kappa shape index (κ2) is 8.86. The molecule has 0 saturated carbocycles. The molecule has 0 bridgehead atoms. The Kier molecular flexibility index (Phi) is 6.44. The number of hydrogen-bond donors (Lipinski definition) is 0. The molecule has 2 aromatic rings. The zero-order valence-electron chi connectivity index (χ0n) is 15.0. The molecule has 0 spiro atoms. The van der Waals surface area contributed by atoms with Crippen LogP contribution in [0.5, 0.6) is 17.2 Å². The summed E-state index contributed by atoms with van der Waals surface area (Å²) in [4.78, 5) is 14.9. The summed E-state index contributed by atoms with van der Waals surface area (Å²) in [6, 6.07) is 11.4. The van der Waals surface area contributed by atoms with Gasteiger partial charge < -0.3 is 8.92 Å². The van der Waals surface area contributed by atoms with Crippen molar-refractivity contribution in [3.8, 4) is 23.3 Å². The standard InChI is InChI=1S/C17H13F3N2O7S/c18-17(19,20)30(23,24)29-16-6-5-15(28-14-3-1-12(10-21)2-4-14)9-13(16)11-27-22-25-7-8-26-22/h1-6,9H,7-8,11H2. The Morgan fingerprint density at radius 3 is 2.30 bits per heavy atom. The molecule has 0 unspecified atom stereocenters. The van der Waals surface area contributed by atoms with Crippen LogP contribution in [0.4, 0.5) is 13.2 Å². The Hall–Kier alpha value is -2.89. The average Bonchev–Trinajstić information content (AvgIpc) is 3.21. The van der Waals surface area contributed by atoms with E-state index in [4.69, 9.17) is 24.5 Å². The summed E-state index contributed by atoms with van der Waals surface area (Å²) in [6.45, 7) is -0.0470. The molecule has 0 amide bonds. The molecule has 0 radical (unpaired) electrons. The smallest absolute Gasteiger partial charge is 0.457 e. The molecule has 1 heterocycles. The quantitative estimate of drug-likeness (QED) is 0.468. The maximum absolute atomic E-state index is 12.7. The third kappa shape index (κ3) is 5.38. The molecule has 2 aromatic carbocycles. The van der Waals surface area contributed by atoms with Gasteiger partial charge in [0.05, 0.1) is 30.2 Å². The fourth-order valence-electron chi connectivity index (χ4n) is 2.17. The average molecular weight is 446 g/mol. The Morgan fingerprint density at radius 1 is 1.07 bits per heavy atom. The van der Waals surface area contributed by atoms with Crippen molar-refractivity contribution in [2.24, 2.45) is 0 Å². The van der Waals surface area contributed by atoms with Crippen LogP contribution in [0.2, 0.25) is 0 Å². The molecular formula is C17H13F3N2O7S. The van der Waals surface area contributed by atoms with Gasteiger partial charge in [0.2, 0.25) is 0 Å². The topological polar surface area (TPSA) is 107 Å². The van der Waals surface area contributed by atoms with Crippen LogP contribution in [-0.2, 0) is 31.2 Å². The van der Waals surface area contributed by atoms with Crippen LogP contribution < -0.4 is 8.92 Å². The highest BCUT2D eigenvalue weighted by Crippen LogP contribution is 2.33. The number of hydrogen-bond acceptors (Lipinski definition) is 9. The van der Waals surface area contributed by atoms with E-state index in [0.29, 0.717) is 16.7 Å². The van der Waals surface area contributed by atoms with Gasteiger partial charge in [-0.25, -0.2) is 14.5 Å². The fraction of sp³-hybridized carbons (Fsp3) is 0.235. The predicted molar refractivity (Wildman–Crippen MR) is 91.8 cm³/mol. The highest BCUT2D eigenvalue weighted by molar-refractivity contribution is 7.88. The predicted octanol–water partition coefficient (Wildman–Crippen LogP) is 3.19. The van der Waals surface area contributed by atoms with E-state index in [0.717, 1.165) is 6.07 Å². The monoisotopic (exact) mass is 446 g/mol. The van der Waals surface area contributed by atoms with Gasteiger partial charge in [-0.1, -0.05) is 0 Å². The van der Waals surface area contributed by atoms with Gasteiger partial charge in [0.15, 0.2) is 0 Å². The Morgan fingerprint density at radius 2 is 1.70 bits per heavy atom. The van der Waals surface area contributed by atoms with Gasteiger partial charge in [-0.3, -0.25) is 0 Å². The van der Waals surface area contributed by atoms with Crippen LogP contribution in [0, 0.1) is 11.3 Å². The molecular weight excluding hydrogens is 433 g/mol. The Balaban J connectivity index is 1.84. The maximum Gasteiger partial charge on any atom is 0.534 e. The molecule has 160 valence electrons. The molecule has 3 rings (SSSR count). The summed E-state index contributed by atoms with van der Waals surface area (Å²) in [6.07, 6.45) is 0. The van der Waals surface area contributed by atoms with Crippen molar-refractivity contribution in [1.82, 2.24) is 5.39 Å². The molecule has 30 heavy (non-hydrogen) atoms. The lowest BCUT2D eigenvalue weighted by molar-refractivity contribution is -0.487. The van der Waals surface area contributed by atoms with E-state index >= 15 is 0 Å². The van der Waals surface area contributed by atoms with Crippen LogP contribution in [0.3, 0.4) is 0 Å². The van der Waals surface area contributed by atoms with E-state index in [1.807, 2.05) is 6.07 Å². The molecule has 1 fully saturated rings.